The molecule has 0 bridgehead atoms. The van der Waals surface area contributed by atoms with Crippen LogP contribution in [0.2, 0.25) is 0 Å². The molecule has 0 radical (unpaired) electrons. The molecule has 17 heavy (non-hydrogen) atoms. The number of aromatic nitrogens is 3. The first kappa shape index (κ1) is 10.1. The van der Waals surface area contributed by atoms with E-state index in [9.17, 15) is 4.79 Å². The molecule has 6 heteroatoms. The molecule has 6 nitrogen and oxygen atoms in total. The summed E-state index contributed by atoms with van der Waals surface area (Å²) in [5.74, 6) is 0.642. The van der Waals surface area contributed by atoms with Gasteiger partial charge in [-0.25, -0.2) is 4.52 Å². The summed E-state index contributed by atoms with van der Waals surface area (Å²) in [6, 6.07) is 4.01. The van der Waals surface area contributed by atoms with Crippen molar-refractivity contribution in [3.8, 4) is 0 Å². The van der Waals surface area contributed by atoms with Gasteiger partial charge in [0.2, 0.25) is 11.9 Å². The molecule has 0 aromatic carbocycles. The fraction of sp³-hybridized carbons (Fsp3) is 0.364. The maximum atomic E-state index is 11.1. The smallest absolute Gasteiger partial charge is 0.243 e. The Morgan fingerprint density at radius 2 is 2.47 bits per heavy atom. The van der Waals surface area contributed by atoms with E-state index in [0.29, 0.717) is 18.9 Å². The first-order valence-corrected chi connectivity index (χ1v) is 5.57. The molecule has 1 saturated heterocycles. The van der Waals surface area contributed by atoms with Gasteiger partial charge in [-0.1, -0.05) is 6.07 Å². The molecular formula is C11H13N5O. The van der Waals surface area contributed by atoms with Crippen LogP contribution in [0.25, 0.3) is 5.65 Å². The van der Waals surface area contributed by atoms with Gasteiger partial charge in [0, 0.05) is 19.2 Å². The van der Waals surface area contributed by atoms with E-state index in [1.165, 1.54) is 0 Å². The highest BCUT2D eigenvalue weighted by atomic mass is 16.1. The van der Waals surface area contributed by atoms with Gasteiger partial charge in [0.05, 0.1) is 6.04 Å². The third-order valence-electron chi connectivity index (χ3n) is 2.87. The normalized spacial score (nSPS) is 19.6. The Morgan fingerprint density at radius 3 is 3.18 bits per heavy atom. The van der Waals surface area contributed by atoms with E-state index in [2.05, 4.69) is 20.7 Å². The number of amides is 1. The van der Waals surface area contributed by atoms with Crippen molar-refractivity contribution in [3.63, 3.8) is 0 Å². The number of nitrogens with zero attached hydrogens (tertiary/aromatic N) is 3. The summed E-state index contributed by atoms with van der Waals surface area (Å²) in [4.78, 5) is 15.5. The number of hydrogen-bond acceptors (Lipinski definition) is 4. The SMILES string of the molecule is Cc1cccn2nc(NC3CNC(=O)C3)nc12. The quantitative estimate of drug-likeness (QED) is 0.781. The predicted molar refractivity (Wildman–Crippen MR) is 62.8 cm³/mol. The average Bonchev–Trinajstić information content (AvgIpc) is 2.86. The number of rotatable bonds is 2. The van der Waals surface area contributed by atoms with Crippen LogP contribution in [-0.2, 0) is 4.79 Å². The summed E-state index contributed by atoms with van der Waals surface area (Å²) in [5.41, 5.74) is 1.92. The number of carbonyl (C=O) groups is 1. The van der Waals surface area contributed by atoms with Gasteiger partial charge in [0.15, 0.2) is 5.65 Å². The van der Waals surface area contributed by atoms with E-state index < -0.39 is 0 Å². The van der Waals surface area contributed by atoms with E-state index in [-0.39, 0.29) is 11.9 Å². The maximum absolute atomic E-state index is 11.1. The highest BCUT2D eigenvalue weighted by molar-refractivity contribution is 5.79. The zero-order chi connectivity index (χ0) is 11.8. The molecular weight excluding hydrogens is 218 g/mol. The van der Waals surface area contributed by atoms with Crippen molar-refractivity contribution >= 4 is 17.5 Å². The summed E-state index contributed by atoms with van der Waals surface area (Å²) >= 11 is 0. The van der Waals surface area contributed by atoms with E-state index in [1.807, 2.05) is 25.3 Å². The van der Waals surface area contributed by atoms with Crippen LogP contribution in [0.5, 0.6) is 0 Å². The third-order valence-corrected chi connectivity index (χ3v) is 2.87. The molecule has 1 unspecified atom stereocenters. The predicted octanol–water partition coefficient (Wildman–Crippen LogP) is 0.338. The summed E-state index contributed by atoms with van der Waals surface area (Å²) in [6.45, 7) is 2.63. The van der Waals surface area contributed by atoms with Crippen molar-refractivity contribution in [3.05, 3.63) is 23.9 Å². The monoisotopic (exact) mass is 231 g/mol. The molecule has 2 aromatic rings. The molecule has 1 aliphatic heterocycles. The van der Waals surface area contributed by atoms with Crippen LogP contribution in [0.4, 0.5) is 5.95 Å². The Hall–Kier alpha value is -2.11. The molecule has 1 fully saturated rings. The molecule has 0 aliphatic carbocycles. The van der Waals surface area contributed by atoms with Gasteiger partial charge in [-0.15, -0.1) is 5.10 Å². The number of aryl methyl sites for hydroxylation is 1. The summed E-state index contributed by atoms with van der Waals surface area (Å²) < 4.78 is 1.74. The van der Waals surface area contributed by atoms with Crippen LogP contribution in [0, 0.1) is 6.92 Å². The Morgan fingerprint density at radius 1 is 1.59 bits per heavy atom. The number of fused-ring (bicyclic) bond motifs is 1. The van der Waals surface area contributed by atoms with Crippen LogP contribution >= 0.6 is 0 Å². The zero-order valence-corrected chi connectivity index (χ0v) is 9.47. The highest BCUT2D eigenvalue weighted by Crippen LogP contribution is 2.12. The van der Waals surface area contributed by atoms with Gasteiger partial charge in [-0.3, -0.25) is 4.79 Å². The lowest BCUT2D eigenvalue weighted by Crippen LogP contribution is -2.22. The van der Waals surface area contributed by atoms with Crippen LogP contribution in [0.15, 0.2) is 18.3 Å². The number of hydrogen-bond donors (Lipinski definition) is 2. The standard InChI is InChI=1S/C11H13N5O/c1-7-3-2-4-16-10(7)14-11(15-16)13-8-5-9(17)12-6-8/h2-4,8H,5-6H2,1H3,(H,12,17)(H,13,15). The van der Waals surface area contributed by atoms with Crippen LogP contribution in [0.1, 0.15) is 12.0 Å². The maximum Gasteiger partial charge on any atom is 0.243 e. The lowest BCUT2D eigenvalue weighted by molar-refractivity contribution is -0.119. The molecule has 1 amide bonds. The van der Waals surface area contributed by atoms with Gasteiger partial charge in [-0.05, 0) is 18.6 Å². The first-order chi connectivity index (χ1) is 8.22. The third kappa shape index (κ3) is 1.82. The van der Waals surface area contributed by atoms with E-state index in [1.54, 1.807) is 4.52 Å². The second-order valence-electron chi connectivity index (χ2n) is 4.24. The molecule has 88 valence electrons. The van der Waals surface area contributed by atoms with Gasteiger partial charge in [-0.2, -0.15) is 4.98 Å². The number of nitrogens with one attached hydrogen (secondary N) is 2. The highest BCUT2D eigenvalue weighted by Gasteiger charge is 2.22. The summed E-state index contributed by atoms with van der Waals surface area (Å²) in [7, 11) is 0. The zero-order valence-electron chi connectivity index (χ0n) is 9.47. The largest absolute Gasteiger partial charge is 0.354 e. The lowest BCUT2D eigenvalue weighted by atomic mass is 10.3. The molecule has 2 N–H and O–H groups in total. The topological polar surface area (TPSA) is 71.3 Å². The number of carbonyl (C=O) groups excluding carboxylic acids is 1. The second kappa shape index (κ2) is 3.73. The first-order valence-electron chi connectivity index (χ1n) is 5.57. The number of anilines is 1. The van der Waals surface area contributed by atoms with Gasteiger partial charge < -0.3 is 10.6 Å². The second-order valence-corrected chi connectivity index (χ2v) is 4.24. The minimum atomic E-state index is 0.0717. The molecule has 3 rings (SSSR count). The van der Waals surface area contributed by atoms with E-state index in [4.69, 9.17) is 0 Å². The van der Waals surface area contributed by atoms with Gasteiger partial charge in [0.25, 0.3) is 0 Å². The van der Waals surface area contributed by atoms with Crippen molar-refractivity contribution in [2.75, 3.05) is 11.9 Å². The molecule has 2 aromatic heterocycles. The Balaban J connectivity index is 1.86. The van der Waals surface area contributed by atoms with Crippen molar-refractivity contribution in [1.29, 1.82) is 0 Å². The van der Waals surface area contributed by atoms with Crippen molar-refractivity contribution < 1.29 is 4.79 Å². The molecule has 0 saturated carbocycles. The number of pyridine rings is 1. The minimum Gasteiger partial charge on any atom is -0.354 e. The van der Waals surface area contributed by atoms with Gasteiger partial charge in [0.1, 0.15) is 0 Å². The Labute approximate surface area is 98.0 Å². The Bertz CT molecular complexity index is 576. The van der Waals surface area contributed by atoms with E-state index in [0.717, 1.165) is 11.2 Å². The average molecular weight is 231 g/mol. The van der Waals surface area contributed by atoms with Crippen molar-refractivity contribution in [2.45, 2.75) is 19.4 Å². The Kier molecular flexibility index (Phi) is 2.21. The lowest BCUT2D eigenvalue weighted by Gasteiger charge is -2.06. The van der Waals surface area contributed by atoms with Crippen LogP contribution < -0.4 is 10.6 Å². The van der Waals surface area contributed by atoms with Crippen LogP contribution in [0.3, 0.4) is 0 Å². The summed E-state index contributed by atoms with van der Waals surface area (Å²) in [5, 5.41) is 10.3. The van der Waals surface area contributed by atoms with Crippen molar-refractivity contribution in [1.82, 2.24) is 19.9 Å². The van der Waals surface area contributed by atoms with Crippen molar-refractivity contribution in [2.24, 2.45) is 0 Å². The molecule has 0 spiro atoms. The fourth-order valence-corrected chi connectivity index (χ4v) is 1.99. The van der Waals surface area contributed by atoms with Crippen LogP contribution in [-0.4, -0.2) is 33.1 Å². The molecule has 3 heterocycles. The van der Waals surface area contributed by atoms with Gasteiger partial charge >= 0.3 is 0 Å². The summed E-state index contributed by atoms with van der Waals surface area (Å²) in [6.07, 6.45) is 2.34. The molecule has 1 aliphatic rings. The fourth-order valence-electron chi connectivity index (χ4n) is 1.99. The minimum absolute atomic E-state index is 0.0717. The van der Waals surface area contributed by atoms with E-state index >= 15 is 0 Å². The molecule has 1 atom stereocenters.